The maximum absolute atomic E-state index is 12.7. The lowest BCUT2D eigenvalue weighted by molar-refractivity contribution is 0.0663. The predicted molar refractivity (Wildman–Crippen MR) is 135 cm³/mol. The van der Waals surface area contributed by atoms with E-state index in [2.05, 4.69) is 21.0 Å². The van der Waals surface area contributed by atoms with Crippen LogP contribution in [0.5, 0.6) is 5.75 Å². The molecule has 2 aliphatic rings. The Kier molecular flexibility index (Phi) is 6.81. The standard InChI is InChI=1S/C24H24Cl2N6O3/c25-16-2-5-19-15(11-16)1-4-20(29-19)23(33)30-32-9-7-31(8-10-32)24(34)28-14-18-13-27-21-12-17(26)3-6-22(21)35-18/h1-6,11-12,18,27H,7-10,13-14H2,(H,28,34)(H,30,33). The molecule has 2 aliphatic heterocycles. The Morgan fingerprint density at radius 2 is 1.80 bits per heavy atom. The Morgan fingerprint density at radius 1 is 1.03 bits per heavy atom. The first kappa shape index (κ1) is 23.5. The van der Waals surface area contributed by atoms with Crippen molar-refractivity contribution in [2.45, 2.75) is 6.10 Å². The Hall–Kier alpha value is -3.27. The number of nitrogens with zero attached hydrogens (tertiary/aromatic N) is 3. The maximum atomic E-state index is 12.7. The minimum Gasteiger partial charge on any atom is -0.485 e. The van der Waals surface area contributed by atoms with E-state index >= 15 is 0 Å². The first-order chi connectivity index (χ1) is 16.9. The molecular weight excluding hydrogens is 491 g/mol. The number of halogens is 2. The first-order valence-electron chi connectivity index (χ1n) is 11.3. The number of piperazine rings is 1. The van der Waals surface area contributed by atoms with E-state index in [4.69, 9.17) is 27.9 Å². The van der Waals surface area contributed by atoms with Gasteiger partial charge >= 0.3 is 6.03 Å². The van der Waals surface area contributed by atoms with Gasteiger partial charge in [0.15, 0.2) is 0 Å². The molecule has 3 amide bonds. The number of rotatable bonds is 4. The topological polar surface area (TPSA) is 98.8 Å². The number of hydrogen-bond acceptors (Lipinski definition) is 6. The number of carbonyl (C=O) groups is 2. The van der Waals surface area contributed by atoms with Gasteiger partial charge in [-0.1, -0.05) is 29.3 Å². The summed E-state index contributed by atoms with van der Waals surface area (Å²) in [7, 11) is 0. The van der Waals surface area contributed by atoms with Crippen molar-refractivity contribution < 1.29 is 14.3 Å². The molecule has 0 radical (unpaired) electrons. The van der Waals surface area contributed by atoms with Crippen LogP contribution < -0.4 is 20.8 Å². The molecule has 5 rings (SSSR count). The van der Waals surface area contributed by atoms with E-state index in [-0.39, 0.29) is 18.0 Å². The van der Waals surface area contributed by atoms with Crippen LogP contribution in [0.1, 0.15) is 10.5 Å². The molecule has 1 aromatic heterocycles. The zero-order valence-electron chi connectivity index (χ0n) is 18.8. The zero-order valence-corrected chi connectivity index (χ0v) is 20.3. The van der Waals surface area contributed by atoms with Gasteiger partial charge in [-0.2, -0.15) is 0 Å². The van der Waals surface area contributed by atoms with Gasteiger partial charge < -0.3 is 20.3 Å². The van der Waals surface area contributed by atoms with Gasteiger partial charge in [0.2, 0.25) is 0 Å². The van der Waals surface area contributed by atoms with Crippen LogP contribution in [-0.2, 0) is 0 Å². The van der Waals surface area contributed by atoms with Crippen molar-refractivity contribution in [1.29, 1.82) is 0 Å². The Morgan fingerprint density at radius 3 is 2.63 bits per heavy atom. The van der Waals surface area contributed by atoms with Crippen molar-refractivity contribution in [3.05, 3.63) is 64.3 Å². The largest absolute Gasteiger partial charge is 0.485 e. The number of anilines is 1. The van der Waals surface area contributed by atoms with Gasteiger partial charge in [0, 0.05) is 41.6 Å². The molecule has 9 nitrogen and oxygen atoms in total. The molecule has 3 N–H and O–H groups in total. The fourth-order valence-corrected chi connectivity index (χ4v) is 4.41. The molecule has 0 aliphatic carbocycles. The highest BCUT2D eigenvalue weighted by Crippen LogP contribution is 2.31. The van der Waals surface area contributed by atoms with Gasteiger partial charge in [-0.3, -0.25) is 10.2 Å². The summed E-state index contributed by atoms with van der Waals surface area (Å²) in [4.78, 5) is 31.4. The maximum Gasteiger partial charge on any atom is 0.317 e. The molecule has 2 aromatic carbocycles. The number of benzene rings is 2. The number of hydrazine groups is 1. The zero-order chi connectivity index (χ0) is 24.4. The summed E-state index contributed by atoms with van der Waals surface area (Å²) < 4.78 is 5.94. The van der Waals surface area contributed by atoms with Gasteiger partial charge in [-0.05, 0) is 42.5 Å². The number of aromatic nitrogens is 1. The number of ether oxygens (including phenoxy) is 1. The van der Waals surface area contributed by atoms with Crippen LogP contribution in [-0.4, -0.2) is 72.2 Å². The van der Waals surface area contributed by atoms with Crippen LogP contribution in [0.25, 0.3) is 10.9 Å². The molecule has 35 heavy (non-hydrogen) atoms. The Bertz CT molecular complexity index is 1270. The van der Waals surface area contributed by atoms with Gasteiger partial charge in [0.25, 0.3) is 5.91 Å². The van der Waals surface area contributed by atoms with Gasteiger partial charge in [0.05, 0.1) is 24.3 Å². The smallest absolute Gasteiger partial charge is 0.317 e. The van der Waals surface area contributed by atoms with Crippen molar-refractivity contribution in [2.75, 3.05) is 44.6 Å². The van der Waals surface area contributed by atoms with Crippen molar-refractivity contribution in [1.82, 2.24) is 25.6 Å². The van der Waals surface area contributed by atoms with Crippen LogP contribution >= 0.6 is 23.2 Å². The Labute approximate surface area is 212 Å². The first-order valence-corrected chi connectivity index (χ1v) is 12.1. The predicted octanol–water partition coefficient (Wildman–Crippen LogP) is 3.39. The second-order valence-electron chi connectivity index (χ2n) is 8.40. The summed E-state index contributed by atoms with van der Waals surface area (Å²) in [5.41, 5.74) is 4.75. The monoisotopic (exact) mass is 514 g/mol. The molecule has 1 unspecified atom stereocenters. The molecule has 182 valence electrons. The number of carbonyl (C=O) groups excluding carboxylic acids is 2. The van der Waals surface area contributed by atoms with Crippen LogP contribution in [0.2, 0.25) is 10.0 Å². The fraction of sp³-hybridized carbons (Fsp3) is 0.292. The fourth-order valence-electron chi connectivity index (χ4n) is 4.06. The number of pyridine rings is 1. The summed E-state index contributed by atoms with van der Waals surface area (Å²) in [5, 5.41) is 10.1. The van der Waals surface area contributed by atoms with E-state index in [1.807, 2.05) is 24.3 Å². The van der Waals surface area contributed by atoms with E-state index < -0.39 is 0 Å². The highest BCUT2D eigenvalue weighted by molar-refractivity contribution is 6.31. The second-order valence-corrected chi connectivity index (χ2v) is 9.27. The highest BCUT2D eigenvalue weighted by atomic mass is 35.5. The van der Waals surface area contributed by atoms with Crippen LogP contribution in [0.15, 0.2) is 48.5 Å². The lowest BCUT2D eigenvalue weighted by Gasteiger charge is -2.35. The molecule has 0 spiro atoms. The highest BCUT2D eigenvalue weighted by Gasteiger charge is 2.25. The van der Waals surface area contributed by atoms with Gasteiger partial charge in [-0.15, -0.1) is 0 Å². The van der Waals surface area contributed by atoms with Crippen LogP contribution in [0.3, 0.4) is 0 Å². The molecule has 3 aromatic rings. The average molecular weight is 515 g/mol. The van der Waals surface area contributed by atoms with Crippen LogP contribution in [0.4, 0.5) is 10.5 Å². The summed E-state index contributed by atoms with van der Waals surface area (Å²) in [5.74, 6) is 0.428. The minimum absolute atomic E-state index is 0.156. The number of amides is 3. The summed E-state index contributed by atoms with van der Waals surface area (Å²) in [6.45, 7) is 2.95. The molecular formula is C24H24Cl2N6O3. The average Bonchev–Trinajstić information content (AvgIpc) is 2.87. The van der Waals surface area contributed by atoms with Crippen molar-refractivity contribution >= 4 is 51.7 Å². The van der Waals surface area contributed by atoms with E-state index in [1.54, 1.807) is 34.2 Å². The third-order valence-corrected chi connectivity index (χ3v) is 6.42. The van der Waals surface area contributed by atoms with E-state index in [0.29, 0.717) is 66.3 Å². The van der Waals surface area contributed by atoms with E-state index in [0.717, 1.165) is 11.1 Å². The SMILES string of the molecule is O=C(NN1CCN(C(=O)NCC2CNc3cc(Cl)ccc3O2)CC1)c1ccc2cc(Cl)ccc2n1. The molecule has 0 bridgehead atoms. The summed E-state index contributed by atoms with van der Waals surface area (Å²) >= 11 is 12.0. The van der Waals surface area contributed by atoms with E-state index in [9.17, 15) is 9.59 Å². The lowest BCUT2D eigenvalue weighted by atomic mass is 10.2. The molecule has 3 heterocycles. The number of urea groups is 1. The second kappa shape index (κ2) is 10.2. The number of nitrogens with one attached hydrogen (secondary N) is 3. The van der Waals surface area contributed by atoms with Crippen molar-refractivity contribution in [3.8, 4) is 5.75 Å². The quantitative estimate of drug-likeness (QED) is 0.493. The van der Waals surface area contributed by atoms with Gasteiger partial charge in [0.1, 0.15) is 17.5 Å². The minimum atomic E-state index is -0.289. The lowest BCUT2D eigenvalue weighted by Crippen LogP contribution is -2.57. The third kappa shape index (κ3) is 5.53. The molecule has 1 atom stereocenters. The van der Waals surface area contributed by atoms with Crippen molar-refractivity contribution in [2.24, 2.45) is 0 Å². The van der Waals surface area contributed by atoms with Crippen LogP contribution in [0, 0.1) is 0 Å². The third-order valence-electron chi connectivity index (χ3n) is 5.95. The molecule has 0 saturated carbocycles. The normalized spacial score (nSPS) is 17.8. The van der Waals surface area contributed by atoms with E-state index in [1.165, 1.54) is 0 Å². The summed E-state index contributed by atoms with van der Waals surface area (Å²) in [6, 6.07) is 14.1. The number of hydrogen-bond donors (Lipinski definition) is 3. The molecule has 1 saturated heterocycles. The summed E-state index contributed by atoms with van der Waals surface area (Å²) in [6.07, 6.45) is -0.182. The van der Waals surface area contributed by atoms with Gasteiger partial charge in [-0.25, -0.2) is 14.8 Å². The molecule has 11 heteroatoms. The Balaban J connectivity index is 1.07. The number of fused-ring (bicyclic) bond motifs is 2. The molecule has 1 fully saturated rings. The van der Waals surface area contributed by atoms with Crippen molar-refractivity contribution in [3.63, 3.8) is 0 Å².